The van der Waals surface area contributed by atoms with Crippen LogP contribution in [0.2, 0.25) is 0 Å². The number of para-hydroxylation sites is 1. The van der Waals surface area contributed by atoms with Gasteiger partial charge >= 0.3 is 6.61 Å². The number of ether oxygens (including phenoxy) is 2. The van der Waals surface area contributed by atoms with Gasteiger partial charge in [0.2, 0.25) is 0 Å². The molecule has 2 aromatic carbocycles. The molecule has 5 nitrogen and oxygen atoms in total. The minimum absolute atomic E-state index is 0.0418. The van der Waals surface area contributed by atoms with Crippen LogP contribution in [0.1, 0.15) is 16.7 Å². The molecule has 0 saturated carbocycles. The van der Waals surface area contributed by atoms with Gasteiger partial charge in [-0.25, -0.2) is 0 Å². The number of alkyl halides is 2. The van der Waals surface area contributed by atoms with Gasteiger partial charge in [-0.15, -0.1) is 0 Å². The van der Waals surface area contributed by atoms with Crippen molar-refractivity contribution in [3.05, 3.63) is 53.1 Å². The van der Waals surface area contributed by atoms with E-state index in [1.165, 1.54) is 25.5 Å². The van der Waals surface area contributed by atoms with E-state index in [2.05, 4.69) is 20.6 Å². The zero-order chi connectivity index (χ0) is 19.1. The van der Waals surface area contributed by atoms with E-state index < -0.39 is 6.61 Å². The van der Waals surface area contributed by atoms with Crippen molar-refractivity contribution < 1.29 is 18.3 Å². The number of methoxy groups -OCH3 is 1. The first-order valence-electron chi connectivity index (χ1n) is 7.70. The number of hydrogen-bond acceptors (Lipinski definition) is 4. The number of thiocarbonyl (C=S) groups is 1. The summed E-state index contributed by atoms with van der Waals surface area (Å²) >= 11 is 5.22. The van der Waals surface area contributed by atoms with Gasteiger partial charge in [0.25, 0.3) is 0 Å². The number of nitrogens with zero attached hydrogens (tertiary/aromatic N) is 1. The van der Waals surface area contributed by atoms with Gasteiger partial charge in [-0.2, -0.15) is 13.9 Å². The Morgan fingerprint density at radius 2 is 1.85 bits per heavy atom. The van der Waals surface area contributed by atoms with E-state index in [-0.39, 0.29) is 11.5 Å². The Kier molecular flexibility index (Phi) is 6.85. The van der Waals surface area contributed by atoms with Crippen molar-refractivity contribution >= 4 is 29.2 Å². The van der Waals surface area contributed by atoms with E-state index in [0.717, 1.165) is 16.8 Å². The predicted octanol–water partition coefficient (Wildman–Crippen LogP) is 4.23. The molecule has 0 radical (unpaired) electrons. The second-order valence-electron chi connectivity index (χ2n) is 5.38. The number of hydrazone groups is 1. The second-order valence-corrected chi connectivity index (χ2v) is 5.79. The molecule has 138 valence electrons. The van der Waals surface area contributed by atoms with Gasteiger partial charge in [0, 0.05) is 5.69 Å². The van der Waals surface area contributed by atoms with Gasteiger partial charge in [0.15, 0.2) is 16.6 Å². The largest absolute Gasteiger partial charge is 0.493 e. The fourth-order valence-corrected chi connectivity index (χ4v) is 2.43. The third-order valence-corrected chi connectivity index (χ3v) is 3.70. The standard InChI is InChI=1S/C18H19F2N3O2S/c1-11-5-4-6-12(2)16(11)22-18(26)23-21-10-13-7-8-14(25-17(19)20)15(9-13)24-3/h4-10,17H,1-3H3,(H2,22,23,26)/b21-10-. The zero-order valence-electron chi connectivity index (χ0n) is 14.5. The van der Waals surface area contributed by atoms with Crippen molar-refractivity contribution in [1.29, 1.82) is 0 Å². The molecule has 0 aliphatic heterocycles. The van der Waals surface area contributed by atoms with Gasteiger partial charge in [-0.1, -0.05) is 18.2 Å². The predicted molar refractivity (Wildman–Crippen MR) is 102 cm³/mol. The molecule has 0 unspecified atom stereocenters. The fourth-order valence-electron chi connectivity index (χ4n) is 2.28. The van der Waals surface area contributed by atoms with Crippen LogP contribution in [0.25, 0.3) is 0 Å². The molecule has 26 heavy (non-hydrogen) atoms. The highest BCUT2D eigenvalue weighted by Gasteiger charge is 2.10. The summed E-state index contributed by atoms with van der Waals surface area (Å²) in [4.78, 5) is 0. The molecule has 8 heteroatoms. The number of nitrogens with one attached hydrogen (secondary N) is 2. The number of anilines is 1. The molecule has 0 fully saturated rings. The highest BCUT2D eigenvalue weighted by atomic mass is 32.1. The van der Waals surface area contributed by atoms with Crippen LogP contribution in [0.3, 0.4) is 0 Å². The SMILES string of the molecule is COc1cc(/C=N\NC(=S)Nc2c(C)cccc2C)ccc1OC(F)F. The fraction of sp³-hybridized carbons (Fsp3) is 0.222. The Labute approximate surface area is 156 Å². The maximum absolute atomic E-state index is 12.3. The molecule has 0 atom stereocenters. The lowest BCUT2D eigenvalue weighted by Gasteiger charge is -2.12. The van der Waals surface area contributed by atoms with Crippen LogP contribution in [-0.4, -0.2) is 25.0 Å². The first kappa shape index (κ1) is 19.6. The molecule has 0 aliphatic rings. The Bertz CT molecular complexity index is 793. The van der Waals surface area contributed by atoms with E-state index in [0.29, 0.717) is 10.7 Å². The highest BCUT2D eigenvalue weighted by Crippen LogP contribution is 2.28. The van der Waals surface area contributed by atoms with Gasteiger partial charge in [-0.05, 0) is 61.0 Å². The first-order chi connectivity index (χ1) is 12.4. The van der Waals surface area contributed by atoms with E-state index in [1.807, 2.05) is 32.0 Å². The van der Waals surface area contributed by atoms with Gasteiger partial charge in [0.1, 0.15) is 0 Å². The zero-order valence-corrected chi connectivity index (χ0v) is 15.4. The molecule has 0 aromatic heterocycles. The lowest BCUT2D eigenvalue weighted by molar-refractivity contribution is -0.0512. The Balaban J connectivity index is 2.00. The molecule has 2 N–H and O–H groups in total. The summed E-state index contributed by atoms with van der Waals surface area (Å²) in [7, 11) is 1.37. The molecule has 0 amide bonds. The van der Waals surface area contributed by atoms with Crippen molar-refractivity contribution in [1.82, 2.24) is 5.43 Å². The molecular formula is C18H19F2N3O2S. The number of halogens is 2. The molecule has 0 bridgehead atoms. The van der Waals surface area contributed by atoms with Gasteiger partial charge in [-0.3, -0.25) is 5.43 Å². The number of benzene rings is 2. The Hall–Kier alpha value is -2.74. The smallest absolute Gasteiger partial charge is 0.387 e. The Morgan fingerprint density at radius 3 is 2.46 bits per heavy atom. The number of aryl methyl sites for hydroxylation is 2. The lowest BCUT2D eigenvalue weighted by Crippen LogP contribution is -2.24. The van der Waals surface area contributed by atoms with Crippen LogP contribution >= 0.6 is 12.2 Å². The van der Waals surface area contributed by atoms with Crippen molar-refractivity contribution in [3.8, 4) is 11.5 Å². The molecule has 0 heterocycles. The summed E-state index contributed by atoms with van der Waals surface area (Å²) in [5, 5.41) is 7.47. The van der Waals surface area contributed by atoms with Crippen LogP contribution in [0, 0.1) is 13.8 Å². The summed E-state index contributed by atoms with van der Waals surface area (Å²) < 4.78 is 34.1. The average Bonchev–Trinajstić information content (AvgIpc) is 2.59. The van der Waals surface area contributed by atoms with Crippen LogP contribution in [0.4, 0.5) is 14.5 Å². The highest BCUT2D eigenvalue weighted by molar-refractivity contribution is 7.80. The summed E-state index contributed by atoms with van der Waals surface area (Å²) in [6, 6.07) is 10.4. The van der Waals surface area contributed by atoms with Gasteiger partial charge in [0.05, 0.1) is 13.3 Å². The monoisotopic (exact) mass is 379 g/mol. The molecule has 0 spiro atoms. The molecule has 0 saturated heterocycles. The van der Waals surface area contributed by atoms with E-state index >= 15 is 0 Å². The van der Waals surface area contributed by atoms with Crippen molar-refractivity contribution in [2.75, 3.05) is 12.4 Å². The maximum Gasteiger partial charge on any atom is 0.387 e. The van der Waals surface area contributed by atoms with Crippen molar-refractivity contribution in [2.24, 2.45) is 5.10 Å². The summed E-state index contributed by atoms with van der Waals surface area (Å²) in [5.41, 5.74) is 6.41. The van der Waals surface area contributed by atoms with Crippen LogP contribution in [0.15, 0.2) is 41.5 Å². The maximum atomic E-state index is 12.3. The van der Waals surface area contributed by atoms with Crippen LogP contribution in [0.5, 0.6) is 11.5 Å². The minimum Gasteiger partial charge on any atom is -0.493 e. The number of hydrogen-bond donors (Lipinski definition) is 2. The molecule has 2 rings (SSSR count). The molecule has 0 aliphatic carbocycles. The second kappa shape index (κ2) is 9.10. The number of rotatable bonds is 6. The van der Waals surface area contributed by atoms with Crippen molar-refractivity contribution in [3.63, 3.8) is 0 Å². The van der Waals surface area contributed by atoms with Crippen LogP contribution in [-0.2, 0) is 0 Å². The topological polar surface area (TPSA) is 54.9 Å². The first-order valence-corrected chi connectivity index (χ1v) is 8.10. The summed E-state index contributed by atoms with van der Waals surface area (Å²) in [5.74, 6) is 0.144. The lowest BCUT2D eigenvalue weighted by atomic mass is 10.1. The summed E-state index contributed by atoms with van der Waals surface area (Å²) in [6.07, 6.45) is 1.49. The average molecular weight is 379 g/mol. The quantitative estimate of drug-likeness (QED) is 0.447. The minimum atomic E-state index is -2.92. The van der Waals surface area contributed by atoms with Gasteiger partial charge < -0.3 is 14.8 Å². The Morgan fingerprint density at radius 1 is 1.15 bits per heavy atom. The molecular weight excluding hydrogens is 360 g/mol. The normalized spacial score (nSPS) is 10.8. The van der Waals surface area contributed by atoms with E-state index in [4.69, 9.17) is 17.0 Å². The van der Waals surface area contributed by atoms with Crippen LogP contribution < -0.4 is 20.2 Å². The van der Waals surface area contributed by atoms with Crippen molar-refractivity contribution in [2.45, 2.75) is 20.5 Å². The summed E-state index contributed by atoms with van der Waals surface area (Å²) in [6.45, 7) is 1.05. The third kappa shape index (κ3) is 5.38. The van der Waals surface area contributed by atoms with E-state index in [1.54, 1.807) is 6.07 Å². The van der Waals surface area contributed by atoms with E-state index in [9.17, 15) is 8.78 Å². The molecule has 2 aromatic rings. The third-order valence-electron chi connectivity index (χ3n) is 3.50.